The lowest BCUT2D eigenvalue weighted by molar-refractivity contribution is -0.384. The Balaban J connectivity index is 2.58. The first-order chi connectivity index (χ1) is 9.30. The van der Waals surface area contributed by atoms with Gasteiger partial charge in [0.15, 0.2) is 0 Å². The smallest absolute Gasteiger partial charge is 0.311 e. The van der Waals surface area contributed by atoms with Gasteiger partial charge in [0.25, 0.3) is 0 Å². The summed E-state index contributed by atoms with van der Waals surface area (Å²) in [7, 11) is 0. The zero-order valence-electron chi connectivity index (χ0n) is 11.6. The van der Waals surface area contributed by atoms with Crippen LogP contribution in [0.15, 0.2) is 30.5 Å². The van der Waals surface area contributed by atoms with E-state index >= 15 is 0 Å². The molecule has 0 amide bonds. The molecule has 1 N–H and O–H groups in total. The molecule has 2 rings (SSSR count). The molecule has 0 spiro atoms. The quantitative estimate of drug-likeness (QED) is 0.683. The molecule has 0 aliphatic heterocycles. The number of halogens is 1. The molecule has 2 aromatic rings. The highest BCUT2D eigenvalue weighted by molar-refractivity contribution is 5.95. The minimum atomic E-state index is -1.50. The lowest BCUT2D eigenvalue weighted by Gasteiger charge is -2.25. The molecule has 1 atom stereocenters. The van der Waals surface area contributed by atoms with E-state index in [4.69, 9.17) is 0 Å². The highest BCUT2D eigenvalue weighted by Crippen LogP contribution is 2.33. The Morgan fingerprint density at radius 2 is 2.05 bits per heavy atom. The van der Waals surface area contributed by atoms with E-state index in [1.807, 2.05) is 0 Å². The van der Waals surface area contributed by atoms with E-state index in [-0.39, 0.29) is 5.69 Å². The van der Waals surface area contributed by atoms with Crippen molar-refractivity contribution < 1.29 is 9.31 Å². The monoisotopic (exact) mass is 277 g/mol. The van der Waals surface area contributed by atoms with Crippen molar-refractivity contribution in [1.82, 2.24) is 4.98 Å². The molecule has 6 heteroatoms. The first kappa shape index (κ1) is 14.2. The molecule has 5 nitrogen and oxygen atoms in total. The lowest BCUT2D eigenvalue weighted by Crippen LogP contribution is -2.35. The van der Waals surface area contributed by atoms with Gasteiger partial charge in [0, 0.05) is 5.39 Å². The second-order valence-corrected chi connectivity index (χ2v) is 5.22. The van der Waals surface area contributed by atoms with Gasteiger partial charge in [0.2, 0.25) is 0 Å². The first-order valence-electron chi connectivity index (χ1n) is 6.28. The summed E-state index contributed by atoms with van der Waals surface area (Å²) in [5.74, 6) is 0. The molecular weight excluding hydrogens is 261 g/mol. The van der Waals surface area contributed by atoms with E-state index in [9.17, 15) is 14.5 Å². The molecule has 0 aliphatic carbocycles. The van der Waals surface area contributed by atoms with Crippen molar-refractivity contribution in [3.05, 3.63) is 40.6 Å². The van der Waals surface area contributed by atoms with Gasteiger partial charge in [-0.3, -0.25) is 10.1 Å². The molecule has 0 saturated carbocycles. The number of benzene rings is 1. The van der Waals surface area contributed by atoms with E-state index in [0.29, 0.717) is 16.6 Å². The van der Waals surface area contributed by atoms with Crippen LogP contribution in [0.4, 0.5) is 15.8 Å². The third kappa shape index (κ3) is 2.68. The van der Waals surface area contributed by atoms with E-state index in [0.717, 1.165) is 0 Å². The van der Waals surface area contributed by atoms with Crippen LogP contribution in [0, 0.1) is 10.1 Å². The van der Waals surface area contributed by atoms with Crippen LogP contribution in [0.25, 0.3) is 10.9 Å². The number of fused-ring (bicyclic) bond motifs is 1. The van der Waals surface area contributed by atoms with Crippen molar-refractivity contribution in [1.29, 1.82) is 0 Å². The van der Waals surface area contributed by atoms with Gasteiger partial charge in [-0.2, -0.15) is 0 Å². The molecule has 20 heavy (non-hydrogen) atoms. The largest absolute Gasteiger partial charge is 0.373 e. The third-order valence-corrected chi connectivity index (χ3v) is 3.34. The number of anilines is 1. The summed E-state index contributed by atoms with van der Waals surface area (Å²) in [5.41, 5.74) is -0.721. The maximum atomic E-state index is 14.0. The number of nitro groups is 1. The molecule has 1 heterocycles. The van der Waals surface area contributed by atoms with Gasteiger partial charge < -0.3 is 5.32 Å². The molecular formula is C14H16FN3O2. The van der Waals surface area contributed by atoms with Crippen molar-refractivity contribution in [3.63, 3.8) is 0 Å². The maximum absolute atomic E-state index is 14.0. The lowest BCUT2D eigenvalue weighted by atomic mass is 10.0. The van der Waals surface area contributed by atoms with E-state index in [1.165, 1.54) is 20.0 Å². The van der Waals surface area contributed by atoms with Crippen molar-refractivity contribution in [3.8, 4) is 0 Å². The average Bonchev–Trinajstić information content (AvgIpc) is 2.37. The highest BCUT2D eigenvalue weighted by Gasteiger charge is 2.28. The maximum Gasteiger partial charge on any atom is 0.311 e. The molecule has 0 radical (unpaired) electrons. The molecule has 0 unspecified atom stereocenters. The predicted molar refractivity (Wildman–Crippen MR) is 76.7 cm³/mol. The second-order valence-electron chi connectivity index (χ2n) is 5.22. The normalized spacial score (nSPS) is 13.2. The first-order valence-corrected chi connectivity index (χ1v) is 6.28. The van der Waals surface area contributed by atoms with Crippen LogP contribution < -0.4 is 5.32 Å². The van der Waals surface area contributed by atoms with E-state index < -0.39 is 16.6 Å². The van der Waals surface area contributed by atoms with Gasteiger partial charge in [-0.1, -0.05) is 18.2 Å². The molecule has 0 bridgehead atoms. The number of hydrogen-bond acceptors (Lipinski definition) is 4. The Labute approximate surface area is 116 Å². The van der Waals surface area contributed by atoms with Gasteiger partial charge in [-0.15, -0.1) is 0 Å². The molecule has 0 aliphatic rings. The summed E-state index contributed by atoms with van der Waals surface area (Å²) < 4.78 is 14.0. The van der Waals surface area contributed by atoms with Crippen LogP contribution in [0.3, 0.4) is 0 Å². The summed E-state index contributed by atoms with van der Waals surface area (Å²) in [6.07, 6.45) is 1.20. The zero-order chi connectivity index (χ0) is 14.9. The summed E-state index contributed by atoms with van der Waals surface area (Å²) in [6.45, 7) is 4.51. The number of nitrogens with zero attached hydrogens (tertiary/aromatic N) is 2. The summed E-state index contributed by atoms with van der Waals surface area (Å²) >= 11 is 0. The average molecular weight is 277 g/mol. The fourth-order valence-corrected chi connectivity index (χ4v) is 1.81. The van der Waals surface area contributed by atoms with E-state index in [2.05, 4.69) is 10.3 Å². The number of pyridine rings is 1. The van der Waals surface area contributed by atoms with Crippen LogP contribution in [-0.4, -0.2) is 21.6 Å². The standard InChI is InChI=1S/C14H16FN3O2/c1-9(14(2,3)15)17-13-10-6-4-5-7-11(10)16-8-12(13)18(19)20/h4-9H,1-3H3,(H,16,17)/t9-/m1/s1. The SMILES string of the molecule is C[C@@H](Nc1c([N+](=O)[O-])cnc2ccccc12)C(C)(C)F. The van der Waals surface area contributed by atoms with Crippen LogP contribution in [0.1, 0.15) is 20.8 Å². The Morgan fingerprint density at radius 1 is 1.40 bits per heavy atom. The number of alkyl halides is 1. The molecule has 1 aromatic heterocycles. The van der Waals surface area contributed by atoms with Crippen molar-refractivity contribution >= 4 is 22.3 Å². The summed E-state index contributed by atoms with van der Waals surface area (Å²) in [5, 5.41) is 14.7. The third-order valence-electron chi connectivity index (χ3n) is 3.34. The Kier molecular flexibility index (Phi) is 3.57. The van der Waals surface area contributed by atoms with Gasteiger partial charge in [-0.25, -0.2) is 9.37 Å². The molecule has 0 fully saturated rings. The van der Waals surface area contributed by atoms with Crippen LogP contribution in [0.2, 0.25) is 0 Å². The number of hydrogen-bond donors (Lipinski definition) is 1. The minimum absolute atomic E-state index is 0.153. The molecule has 0 saturated heterocycles. The van der Waals surface area contributed by atoms with Crippen molar-refractivity contribution in [2.45, 2.75) is 32.5 Å². The summed E-state index contributed by atoms with van der Waals surface area (Å²) in [4.78, 5) is 14.7. The van der Waals surface area contributed by atoms with Crippen molar-refractivity contribution in [2.24, 2.45) is 0 Å². The predicted octanol–water partition coefficient (Wildman–Crippen LogP) is 3.69. The number of aromatic nitrogens is 1. The number of rotatable bonds is 4. The van der Waals surface area contributed by atoms with Crippen molar-refractivity contribution in [2.75, 3.05) is 5.32 Å². The Morgan fingerprint density at radius 3 is 2.65 bits per heavy atom. The number of nitrogens with one attached hydrogen (secondary N) is 1. The van der Waals surface area contributed by atoms with Gasteiger partial charge in [0.05, 0.1) is 16.5 Å². The topological polar surface area (TPSA) is 68.1 Å². The Hall–Kier alpha value is -2.24. The zero-order valence-corrected chi connectivity index (χ0v) is 11.6. The second kappa shape index (κ2) is 5.03. The molecule has 106 valence electrons. The Bertz CT molecular complexity index is 652. The van der Waals surface area contributed by atoms with Gasteiger partial charge in [0.1, 0.15) is 17.6 Å². The van der Waals surface area contributed by atoms with E-state index in [1.54, 1.807) is 31.2 Å². The van der Waals surface area contributed by atoms with Crippen LogP contribution in [-0.2, 0) is 0 Å². The van der Waals surface area contributed by atoms with Crippen LogP contribution >= 0.6 is 0 Å². The summed E-state index contributed by atoms with van der Waals surface area (Å²) in [6, 6.07) is 6.48. The van der Waals surface area contributed by atoms with Gasteiger partial charge in [-0.05, 0) is 26.8 Å². The highest BCUT2D eigenvalue weighted by atomic mass is 19.1. The number of para-hydroxylation sites is 1. The molecule has 1 aromatic carbocycles. The van der Waals surface area contributed by atoms with Gasteiger partial charge >= 0.3 is 5.69 Å². The fourth-order valence-electron chi connectivity index (χ4n) is 1.81. The van der Waals surface area contributed by atoms with Crippen LogP contribution in [0.5, 0.6) is 0 Å². The fraction of sp³-hybridized carbons (Fsp3) is 0.357. The minimum Gasteiger partial charge on any atom is -0.373 e.